The maximum Gasteiger partial charge on any atom is 0.230 e. The van der Waals surface area contributed by atoms with Crippen molar-refractivity contribution in [2.45, 2.75) is 25.4 Å². The molecule has 0 spiro atoms. The standard InChI is InChI=1S/C12H14N2O2S/c15-11-1-2-12(16)14(11)10-6-13(7-10)5-9-3-4-17-8-9/h3-4,8,10H,1-2,5-7H2. The molecule has 0 aromatic carbocycles. The highest BCUT2D eigenvalue weighted by Crippen LogP contribution is 2.23. The second kappa shape index (κ2) is 4.23. The number of thiophene rings is 1. The molecule has 3 rings (SSSR count). The lowest BCUT2D eigenvalue weighted by atomic mass is 10.1. The topological polar surface area (TPSA) is 40.6 Å². The normalized spacial score (nSPS) is 22.2. The molecule has 0 atom stereocenters. The molecule has 90 valence electrons. The lowest BCUT2D eigenvalue weighted by molar-refractivity contribution is -0.145. The van der Waals surface area contributed by atoms with Gasteiger partial charge in [-0.25, -0.2) is 0 Å². The lowest BCUT2D eigenvalue weighted by Gasteiger charge is -2.42. The molecule has 0 radical (unpaired) electrons. The Morgan fingerprint density at radius 3 is 2.53 bits per heavy atom. The molecule has 17 heavy (non-hydrogen) atoms. The number of hydrogen-bond donors (Lipinski definition) is 0. The number of carbonyl (C=O) groups excluding carboxylic acids is 2. The predicted octanol–water partition coefficient (Wildman–Crippen LogP) is 1.08. The molecule has 2 saturated heterocycles. The smallest absolute Gasteiger partial charge is 0.230 e. The zero-order valence-corrected chi connectivity index (χ0v) is 10.3. The fourth-order valence-electron chi connectivity index (χ4n) is 2.48. The van der Waals surface area contributed by atoms with Crippen molar-refractivity contribution < 1.29 is 9.59 Å². The van der Waals surface area contributed by atoms with E-state index in [4.69, 9.17) is 0 Å². The van der Waals surface area contributed by atoms with Gasteiger partial charge in [0.1, 0.15) is 0 Å². The van der Waals surface area contributed by atoms with Gasteiger partial charge in [-0.1, -0.05) is 0 Å². The van der Waals surface area contributed by atoms with E-state index >= 15 is 0 Å². The van der Waals surface area contributed by atoms with Gasteiger partial charge in [0.05, 0.1) is 6.04 Å². The van der Waals surface area contributed by atoms with Crippen molar-refractivity contribution in [3.05, 3.63) is 22.4 Å². The van der Waals surface area contributed by atoms with Crippen molar-refractivity contribution in [1.82, 2.24) is 9.80 Å². The molecule has 0 saturated carbocycles. The van der Waals surface area contributed by atoms with Gasteiger partial charge in [0.2, 0.25) is 11.8 Å². The van der Waals surface area contributed by atoms with E-state index in [-0.39, 0.29) is 17.9 Å². The zero-order valence-electron chi connectivity index (χ0n) is 9.46. The summed E-state index contributed by atoms with van der Waals surface area (Å²) in [4.78, 5) is 26.8. The molecule has 0 bridgehead atoms. The van der Waals surface area contributed by atoms with Crippen LogP contribution in [0.5, 0.6) is 0 Å². The molecular formula is C12H14N2O2S. The first-order valence-corrected chi connectivity index (χ1v) is 6.76. The van der Waals surface area contributed by atoms with Crippen LogP contribution in [-0.2, 0) is 16.1 Å². The number of nitrogens with zero attached hydrogens (tertiary/aromatic N) is 2. The van der Waals surface area contributed by atoms with Crippen LogP contribution in [0.4, 0.5) is 0 Å². The molecule has 2 fully saturated rings. The predicted molar refractivity (Wildman–Crippen MR) is 64.5 cm³/mol. The summed E-state index contributed by atoms with van der Waals surface area (Å²) in [5.74, 6) is 0.0189. The van der Waals surface area contributed by atoms with E-state index in [0.29, 0.717) is 12.8 Å². The quantitative estimate of drug-likeness (QED) is 0.754. The van der Waals surface area contributed by atoms with E-state index in [1.54, 1.807) is 11.3 Å². The van der Waals surface area contributed by atoms with E-state index in [9.17, 15) is 9.59 Å². The summed E-state index contributed by atoms with van der Waals surface area (Å²) in [6.45, 7) is 2.58. The van der Waals surface area contributed by atoms with Gasteiger partial charge in [-0.05, 0) is 22.4 Å². The van der Waals surface area contributed by atoms with Gasteiger partial charge in [-0.2, -0.15) is 11.3 Å². The molecule has 1 aromatic heterocycles. The summed E-state index contributed by atoms with van der Waals surface area (Å²) >= 11 is 1.70. The number of likely N-dealkylation sites (tertiary alicyclic amines) is 2. The van der Waals surface area contributed by atoms with Gasteiger partial charge in [0, 0.05) is 32.5 Å². The van der Waals surface area contributed by atoms with E-state index in [1.807, 2.05) is 0 Å². The molecule has 0 aliphatic carbocycles. The van der Waals surface area contributed by atoms with E-state index in [1.165, 1.54) is 10.5 Å². The van der Waals surface area contributed by atoms with Crippen LogP contribution in [0.1, 0.15) is 18.4 Å². The van der Waals surface area contributed by atoms with Crippen LogP contribution in [0, 0.1) is 0 Å². The highest BCUT2D eigenvalue weighted by Gasteiger charge is 2.40. The molecule has 0 N–H and O–H groups in total. The van der Waals surface area contributed by atoms with Crippen LogP contribution < -0.4 is 0 Å². The van der Waals surface area contributed by atoms with Crippen LogP contribution in [0.2, 0.25) is 0 Å². The minimum Gasteiger partial charge on any atom is -0.295 e. The molecule has 0 unspecified atom stereocenters. The molecule has 1 aromatic rings. The van der Waals surface area contributed by atoms with Crippen LogP contribution >= 0.6 is 11.3 Å². The Balaban J connectivity index is 1.54. The number of imide groups is 1. The van der Waals surface area contributed by atoms with Gasteiger partial charge in [-0.3, -0.25) is 19.4 Å². The number of carbonyl (C=O) groups is 2. The lowest BCUT2D eigenvalue weighted by Crippen LogP contribution is -2.60. The molecule has 2 amide bonds. The Hall–Kier alpha value is -1.20. The van der Waals surface area contributed by atoms with Crippen molar-refractivity contribution in [2.75, 3.05) is 13.1 Å². The van der Waals surface area contributed by atoms with E-state index in [2.05, 4.69) is 21.7 Å². The monoisotopic (exact) mass is 250 g/mol. The van der Waals surface area contributed by atoms with Gasteiger partial charge in [0.25, 0.3) is 0 Å². The summed E-state index contributed by atoms with van der Waals surface area (Å²) < 4.78 is 0. The third-order valence-electron chi connectivity index (χ3n) is 3.38. The summed E-state index contributed by atoms with van der Waals surface area (Å²) in [6, 6.07) is 2.24. The van der Waals surface area contributed by atoms with E-state index in [0.717, 1.165) is 19.6 Å². The minimum absolute atomic E-state index is 0.00943. The molecule has 5 heteroatoms. The van der Waals surface area contributed by atoms with Crippen LogP contribution in [-0.4, -0.2) is 40.7 Å². The summed E-state index contributed by atoms with van der Waals surface area (Å²) in [5.41, 5.74) is 1.31. The first-order valence-electron chi connectivity index (χ1n) is 5.82. The van der Waals surface area contributed by atoms with Crippen LogP contribution in [0.3, 0.4) is 0 Å². The van der Waals surface area contributed by atoms with Crippen molar-refractivity contribution in [3.8, 4) is 0 Å². The summed E-state index contributed by atoms with van der Waals surface area (Å²) in [5, 5.41) is 4.21. The Bertz CT molecular complexity index is 421. The third kappa shape index (κ3) is 2.00. The fraction of sp³-hybridized carbons (Fsp3) is 0.500. The maximum atomic E-state index is 11.5. The molecule has 2 aliphatic heterocycles. The largest absolute Gasteiger partial charge is 0.295 e. The molecule has 3 heterocycles. The van der Waals surface area contributed by atoms with Crippen molar-refractivity contribution >= 4 is 23.2 Å². The molecule has 4 nitrogen and oxygen atoms in total. The Morgan fingerprint density at radius 1 is 1.24 bits per heavy atom. The number of hydrogen-bond acceptors (Lipinski definition) is 4. The van der Waals surface area contributed by atoms with Gasteiger partial charge >= 0.3 is 0 Å². The number of amides is 2. The Morgan fingerprint density at radius 2 is 1.94 bits per heavy atom. The van der Waals surface area contributed by atoms with Crippen molar-refractivity contribution in [3.63, 3.8) is 0 Å². The average molecular weight is 250 g/mol. The highest BCUT2D eigenvalue weighted by atomic mass is 32.1. The maximum absolute atomic E-state index is 11.5. The van der Waals surface area contributed by atoms with Crippen LogP contribution in [0.25, 0.3) is 0 Å². The fourth-order valence-corrected chi connectivity index (χ4v) is 3.14. The third-order valence-corrected chi connectivity index (χ3v) is 4.11. The molecular weight excluding hydrogens is 236 g/mol. The highest BCUT2D eigenvalue weighted by molar-refractivity contribution is 7.07. The summed E-state index contributed by atoms with van der Waals surface area (Å²) in [7, 11) is 0. The molecule has 2 aliphatic rings. The van der Waals surface area contributed by atoms with Gasteiger partial charge in [0.15, 0.2) is 0 Å². The minimum atomic E-state index is 0.00943. The first-order chi connectivity index (χ1) is 8.24. The average Bonchev–Trinajstić information content (AvgIpc) is 2.84. The van der Waals surface area contributed by atoms with E-state index < -0.39 is 0 Å². The Labute approximate surface area is 104 Å². The van der Waals surface area contributed by atoms with Gasteiger partial charge in [-0.15, -0.1) is 0 Å². The van der Waals surface area contributed by atoms with Crippen molar-refractivity contribution in [1.29, 1.82) is 0 Å². The Kier molecular flexibility index (Phi) is 2.72. The number of rotatable bonds is 3. The van der Waals surface area contributed by atoms with Crippen LogP contribution in [0.15, 0.2) is 16.8 Å². The zero-order chi connectivity index (χ0) is 11.8. The second-order valence-electron chi connectivity index (χ2n) is 4.64. The SMILES string of the molecule is O=C1CCC(=O)N1C1CN(Cc2ccsc2)C1. The van der Waals surface area contributed by atoms with Gasteiger partial charge < -0.3 is 0 Å². The second-order valence-corrected chi connectivity index (χ2v) is 5.42. The summed E-state index contributed by atoms with van der Waals surface area (Å²) in [6.07, 6.45) is 0.805. The van der Waals surface area contributed by atoms with Crippen molar-refractivity contribution in [2.24, 2.45) is 0 Å². The first kappa shape index (κ1) is 10.9.